The van der Waals surface area contributed by atoms with Crippen LogP contribution in [0.1, 0.15) is 30.6 Å². The lowest BCUT2D eigenvalue weighted by atomic mass is 10.1. The van der Waals surface area contributed by atoms with Crippen LogP contribution in [0, 0.1) is 5.82 Å². The second kappa shape index (κ2) is 12.6. The van der Waals surface area contributed by atoms with E-state index in [2.05, 4.69) is 34.7 Å². The molecule has 0 aliphatic heterocycles. The maximum atomic E-state index is 13.6. The van der Waals surface area contributed by atoms with Gasteiger partial charge in [0.1, 0.15) is 5.82 Å². The predicted octanol–water partition coefficient (Wildman–Crippen LogP) is 4.28. The number of hydrogen-bond acceptors (Lipinski definition) is 2. The molecule has 26 heavy (non-hydrogen) atoms. The molecule has 2 N–H and O–H groups in total. The van der Waals surface area contributed by atoms with Crippen molar-refractivity contribution in [3.63, 3.8) is 0 Å². The molecule has 2 rings (SSSR count). The summed E-state index contributed by atoms with van der Waals surface area (Å²) in [5.74, 6) is 0.438. The number of nitrogens with zero attached hydrogens (tertiary/aromatic N) is 1. The number of halogens is 2. The fraction of sp³-hybridized carbons (Fsp3) is 0.350. The van der Waals surface area contributed by atoms with E-state index in [0.29, 0.717) is 24.7 Å². The molecule has 0 bridgehead atoms. The Morgan fingerprint density at radius 3 is 2.46 bits per heavy atom. The number of ether oxygens (including phenoxy) is 1. The number of nitrogens with one attached hydrogen (secondary N) is 2. The maximum Gasteiger partial charge on any atom is 0.191 e. The zero-order valence-electron chi connectivity index (χ0n) is 15.2. The van der Waals surface area contributed by atoms with E-state index in [0.717, 1.165) is 13.0 Å². The minimum absolute atomic E-state index is 0. The van der Waals surface area contributed by atoms with Gasteiger partial charge >= 0.3 is 0 Å². The van der Waals surface area contributed by atoms with Crippen LogP contribution in [0.25, 0.3) is 0 Å². The molecule has 0 radical (unpaired) electrons. The summed E-state index contributed by atoms with van der Waals surface area (Å²) in [7, 11) is 1.70. The lowest BCUT2D eigenvalue weighted by Gasteiger charge is -2.15. The lowest BCUT2D eigenvalue weighted by Crippen LogP contribution is -2.37. The first-order valence-electron chi connectivity index (χ1n) is 8.55. The minimum atomic E-state index is -0.214. The average molecular weight is 471 g/mol. The van der Waals surface area contributed by atoms with E-state index >= 15 is 0 Å². The van der Waals surface area contributed by atoms with Gasteiger partial charge in [-0.15, -0.1) is 24.0 Å². The topological polar surface area (TPSA) is 45.7 Å². The molecule has 0 saturated heterocycles. The third-order valence-corrected chi connectivity index (χ3v) is 3.88. The van der Waals surface area contributed by atoms with Crippen LogP contribution in [0.4, 0.5) is 4.39 Å². The van der Waals surface area contributed by atoms with Gasteiger partial charge in [-0.05, 0) is 25.0 Å². The van der Waals surface area contributed by atoms with E-state index in [9.17, 15) is 4.39 Å². The van der Waals surface area contributed by atoms with Crippen LogP contribution in [-0.4, -0.2) is 26.2 Å². The van der Waals surface area contributed by atoms with Crippen molar-refractivity contribution >= 4 is 29.9 Å². The molecule has 0 heterocycles. The lowest BCUT2D eigenvalue weighted by molar-refractivity contribution is 0.0646. The highest BCUT2D eigenvalue weighted by Crippen LogP contribution is 2.15. The molecular formula is C20H27FIN3O. The van der Waals surface area contributed by atoms with Gasteiger partial charge in [0, 0.05) is 32.3 Å². The SMILES string of the molecule is CN=C(NCCCOC(C)c1ccccc1)NCc1ccccc1F.I. The Morgan fingerprint density at radius 2 is 1.77 bits per heavy atom. The highest BCUT2D eigenvalue weighted by atomic mass is 127. The molecule has 2 aromatic carbocycles. The third kappa shape index (κ3) is 7.70. The fourth-order valence-electron chi connectivity index (χ4n) is 2.40. The Bertz CT molecular complexity index is 667. The quantitative estimate of drug-likeness (QED) is 0.262. The van der Waals surface area contributed by atoms with Crippen LogP contribution in [0.15, 0.2) is 59.6 Å². The Balaban J connectivity index is 0.00000338. The van der Waals surface area contributed by atoms with Crippen LogP contribution >= 0.6 is 24.0 Å². The summed E-state index contributed by atoms with van der Waals surface area (Å²) in [5, 5.41) is 6.32. The van der Waals surface area contributed by atoms with Crippen molar-refractivity contribution in [2.24, 2.45) is 4.99 Å². The van der Waals surface area contributed by atoms with Crippen LogP contribution in [0.2, 0.25) is 0 Å². The van der Waals surface area contributed by atoms with Gasteiger partial charge in [-0.25, -0.2) is 4.39 Å². The van der Waals surface area contributed by atoms with E-state index in [1.54, 1.807) is 19.2 Å². The molecule has 1 atom stereocenters. The summed E-state index contributed by atoms with van der Waals surface area (Å²) < 4.78 is 19.4. The summed E-state index contributed by atoms with van der Waals surface area (Å²) in [6.45, 7) is 3.84. The first-order valence-corrected chi connectivity index (χ1v) is 8.55. The second-order valence-electron chi connectivity index (χ2n) is 5.72. The molecule has 0 aromatic heterocycles. The molecule has 142 valence electrons. The van der Waals surface area contributed by atoms with Gasteiger partial charge in [0.2, 0.25) is 0 Å². The Morgan fingerprint density at radius 1 is 1.08 bits per heavy atom. The Kier molecular flexibility index (Phi) is 10.9. The van der Waals surface area contributed by atoms with Crippen molar-refractivity contribution in [2.45, 2.75) is 26.0 Å². The summed E-state index contributed by atoms with van der Waals surface area (Å²) in [6.07, 6.45) is 0.942. The summed E-state index contributed by atoms with van der Waals surface area (Å²) >= 11 is 0. The largest absolute Gasteiger partial charge is 0.374 e. The zero-order valence-corrected chi connectivity index (χ0v) is 17.6. The summed E-state index contributed by atoms with van der Waals surface area (Å²) in [5.41, 5.74) is 1.79. The van der Waals surface area contributed by atoms with Crippen LogP contribution in [-0.2, 0) is 11.3 Å². The van der Waals surface area contributed by atoms with Crippen molar-refractivity contribution in [1.82, 2.24) is 10.6 Å². The van der Waals surface area contributed by atoms with Gasteiger partial charge in [-0.2, -0.15) is 0 Å². The van der Waals surface area contributed by atoms with Crippen molar-refractivity contribution < 1.29 is 9.13 Å². The van der Waals surface area contributed by atoms with Crippen LogP contribution in [0.3, 0.4) is 0 Å². The molecule has 0 aliphatic carbocycles. The molecule has 4 nitrogen and oxygen atoms in total. The molecule has 0 fully saturated rings. The van der Waals surface area contributed by atoms with Crippen molar-refractivity contribution in [2.75, 3.05) is 20.2 Å². The first kappa shape index (κ1) is 22.4. The Labute approximate surface area is 172 Å². The highest BCUT2D eigenvalue weighted by molar-refractivity contribution is 14.0. The first-order chi connectivity index (χ1) is 12.2. The van der Waals surface area contributed by atoms with Gasteiger partial charge in [-0.3, -0.25) is 4.99 Å². The molecule has 1 unspecified atom stereocenters. The van der Waals surface area contributed by atoms with Gasteiger partial charge < -0.3 is 15.4 Å². The van der Waals surface area contributed by atoms with Gasteiger partial charge in [0.25, 0.3) is 0 Å². The standard InChI is InChI=1S/C20H26FN3O.HI/c1-16(17-9-4-3-5-10-17)25-14-8-13-23-20(22-2)24-15-18-11-6-7-12-19(18)21;/h3-7,9-12,16H,8,13-15H2,1-2H3,(H2,22,23,24);1H. The molecule has 0 saturated carbocycles. The van der Waals surface area contributed by atoms with Gasteiger partial charge in [-0.1, -0.05) is 48.5 Å². The van der Waals surface area contributed by atoms with E-state index in [1.165, 1.54) is 11.6 Å². The number of benzene rings is 2. The molecular weight excluding hydrogens is 444 g/mol. The Hall–Kier alpha value is -1.67. The van der Waals surface area contributed by atoms with Crippen LogP contribution in [0.5, 0.6) is 0 Å². The molecule has 6 heteroatoms. The average Bonchev–Trinajstić information content (AvgIpc) is 2.65. The monoisotopic (exact) mass is 471 g/mol. The van der Waals surface area contributed by atoms with Crippen molar-refractivity contribution in [1.29, 1.82) is 0 Å². The molecule has 0 aliphatic rings. The number of rotatable bonds is 8. The summed E-state index contributed by atoms with van der Waals surface area (Å²) in [4.78, 5) is 4.14. The van der Waals surface area contributed by atoms with E-state index in [1.807, 2.05) is 24.3 Å². The smallest absolute Gasteiger partial charge is 0.191 e. The van der Waals surface area contributed by atoms with Gasteiger partial charge in [0.15, 0.2) is 5.96 Å². The number of aliphatic imine (C=N–C) groups is 1. The number of guanidine groups is 1. The van der Waals surface area contributed by atoms with E-state index < -0.39 is 0 Å². The normalized spacial score (nSPS) is 12.2. The third-order valence-electron chi connectivity index (χ3n) is 3.88. The van der Waals surface area contributed by atoms with E-state index in [-0.39, 0.29) is 35.9 Å². The maximum absolute atomic E-state index is 13.6. The van der Waals surface area contributed by atoms with Crippen molar-refractivity contribution in [3.8, 4) is 0 Å². The van der Waals surface area contributed by atoms with Crippen molar-refractivity contribution in [3.05, 3.63) is 71.5 Å². The number of hydrogen-bond donors (Lipinski definition) is 2. The van der Waals surface area contributed by atoms with E-state index in [4.69, 9.17) is 4.74 Å². The molecule has 2 aromatic rings. The fourth-order valence-corrected chi connectivity index (χ4v) is 2.40. The minimum Gasteiger partial charge on any atom is -0.374 e. The highest BCUT2D eigenvalue weighted by Gasteiger charge is 2.05. The second-order valence-corrected chi connectivity index (χ2v) is 5.72. The predicted molar refractivity (Wildman–Crippen MR) is 115 cm³/mol. The van der Waals surface area contributed by atoms with Crippen LogP contribution < -0.4 is 10.6 Å². The van der Waals surface area contributed by atoms with Gasteiger partial charge in [0.05, 0.1) is 6.10 Å². The zero-order chi connectivity index (χ0) is 17.9. The summed E-state index contributed by atoms with van der Waals surface area (Å²) in [6, 6.07) is 16.9. The molecule has 0 spiro atoms. The molecule has 0 amide bonds.